The third-order valence-corrected chi connectivity index (χ3v) is 4.26. The Labute approximate surface area is 96.0 Å². The van der Waals surface area contributed by atoms with E-state index in [1.54, 1.807) is 0 Å². The van der Waals surface area contributed by atoms with E-state index in [1.165, 1.54) is 38.5 Å². The quantitative estimate of drug-likeness (QED) is 0.700. The molecule has 1 saturated carbocycles. The van der Waals surface area contributed by atoms with E-state index in [0.717, 1.165) is 18.5 Å². The first-order valence-electron chi connectivity index (χ1n) is 6.87. The van der Waals surface area contributed by atoms with Gasteiger partial charge in [0.15, 0.2) is 0 Å². The van der Waals surface area contributed by atoms with Gasteiger partial charge in [-0.1, -0.05) is 40.5 Å². The second kappa shape index (κ2) is 5.89. The topological polar surface area (TPSA) is 12.0 Å². The average molecular weight is 211 g/mol. The highest BCUT2D eigenvalue weighted by molar-refractivity contribution is 4.90. The lowest BCUT2D eigenvalue weighted by Gasteiger charge is -2.28. The molecule has 2 unspecified atom stereocenters. The van der Waals surface area contributed by atoms with Crippen molar-refractivity contribution in [3.05, 3.63) is 0 Å². The molecule has 1 rings (SSSR count). The molecule has 0 saturated heterocycles. The summed E-state index contributed by atoms with van der Waals surface area (Å²) in [6.07, 6.45) is 8.39. The van der Waals surface area contributed by atoms with Crippen molar-refractivity contribution in [3.63, 3.8) is 0 Å². The maximum Gasteiger partial charge on any atom is 0.00723 e. The lowest BCUT2D eigenvalue weighted by molar-refractivity contribution is 0.232. The van der Waals surface area contributed by atoms with Gasteiger partial charge in [0, 0.05) is 6.04 Å². The van der Waals surface area contributed by atoms with Gasteiger partial charge in [-0.2, -0.15) is 0 Å². The molecule has 1 fully saturated rings. The van der Waals surface area contributed by atoms with Crippen molar-refractivity contribution < 1.29 is 0 Å². The molecule has 1 aliphatic rings. The molecule has 0 spiro atoms. The molecule has 1 nitrogen and oxygen atoms in total. The Morgan fingerprint density at radius 1 is 1.27 bits per heavy atom. The van der Waals surface area contributed by atoms with E-state index in [1.807, 2.05) is 0 Å². The normalized spacial score (nSPS) is 31.4. The first-order chi connectivity index (χ1) is 7.13. The van der Waals surface area contributed by atoms with Crippen LogP contribution >= 0.6 is 0 Å². The summed E-state index contributed by atoms with van der Waals surface area (Å²) >= 11 is 0. The van der Waals surface area contributed by atoms with Crippen molar-refractivity contribution in [1.29, 1.82) is 0 Å². The molecule has 0 bridgehead atoms. The third kappa shape index (κ3) is 3.79. The zero-order valence-corrected chi connectivity index (χ0v) is 11.1. The minimum absolute atomic E-state index is 0.628. The second-order valence-electron chi connectivity index (χ2n) is 5.69. The monoisotopic (exact) mass is 211 g/mol. The minimum atomic E-state index is 0.628. The smallest absolute Gasteiger partial charge is 0.00723 e. The Hall–Kier alpha value is -0.0400. The SMILES string of the molecule is CCNC1CCC(C)(CC(CC)CC)C1. The Bertz CT molecular complexity index is 174. The van der Waals surface area contributed by atoms with Crippen LogP contribution in [0.3, 0.4) is 0 Å². The lowest BCUT2D eigenvalue weighted by Crippen LogP contribution is -2.28. The van der Waals surface area contributed by atoms with Crippen LogP contribution in [0.25, 0.3) is 0 Å². The fourth-order valence-electron chi connectivity index (χ4n) is 3.24. The second-order valence-corrected chi connectivity index (χ2v) is 5.69. The zero-order chi connectivity index (χ0) is 11.3. The lowest BCUT2D eigenvalue weighted by atomic mass is 9.78. The molecule has 0 aliphatic heterocycles. The Morgan fingerprint density at radius 2 is 1.93 bits per heavy atom. The summed E-state index contributed by atoms with van der Waals surface area (Å²) in [6, 6.07) is 0.800. The Balaban J connectivity index is 2.40. The van der Waals surface area contributed by atoms with Crippen molar-refractivity contribution >= 4 is 0 Å². The number of nitrogens with one attached hydrogen (secondary N) is 1. The van der Waals surface area contributed by atoms with Gasteiger partial charge in [0.2, 0.25) is 0 Å². The van der Waals surface area contributed by atoms with Gasteiger partial charge >= 0.3 is 0 Å². The molecular formula is C14H29N. The summed E-state index contributed by atoms with van der Waals surface area (Å²) in [7, 11) is 0. The highest BCUT2D eigenvalue weighted by Gasteiger charge is 2.35. The summed E-state index contributed by atoms with van der Waals surface area (Å²) in [5.41, 5.74) is 0.628. The predicted molar refractivity (Wildman–Crippen MR) is 68.1 cm³/mol. The van der Waals surface area contributed by atoms with Crippen molar-refractivity contribution in [2.24, 2.45) is 11.3 Å². The largest absolute Gasteiger partial charge is 0.314 e. The molecule has 0 aromatic heterocycles. The van der Waals surface area contributed by atoms with Crippen molar-refractivity contribution in [3.8, 4) is 0 Å². The molecule has 1 N–H and O–H groups in total. The molecular weight excluding hydrogens is 182 g/mol. The van der Waals surface area contributed by atoms with E-state index in [0.29, 0.717) is 5.41 Å². The van der Waals surface area contributed by atoms with Crippen molar-refractivity contribution in [2.75, 3.05) is 6.54 Å². The molecule has 90 valence electrons. The average Bonchev–Trinajstić information content (AvgIpc) is 2.58. The maximum atomic E-state index is 3.61. The number of hydrogen-bond acceptors (Lipinski definition) is 1. The molecule has 0 amide bonds. The van der Waals surface area contributed by atoms with E-state index in [4.69, 9.17) is 0 Å². The van der Waals surface area contributed by atoms with Crippen LogP contribution in [-0.4, -0.2) is 12.6 Å². The minimum Gasteiger partial charge on any atom is -0.314 e. The zero-order valence-electron chi connectivity index (χ0n) is 11.1. The molecule has 15 heavy (non-hydrogen) atoms. The first-order valence-corrected chi connectivity index (χ1v) is 6.87. The van der Waals surface area contributed by atoms with Gasteiger partial charge in [0.25, 0.3) is 0 Å². The van der Waals surface area contributed by atoms with E-state index < -0.39 is 0 Å². The molecule has 0 aromatic carbocycles. The standard InChI is InChI=1S/C14H29N/c1-5-12(6-2)10-14(4)9-8-13(11-14)15-7-3/h12-13,15H,5-11H2,1-4H3. The summed E-state index contributed by atoms with van der Waals surface area (Å²) < 4.78 is 0. The van der Waals surface area contributed by atoms with Crippen LogP contribution in [0, 0.1) is 11.3 Å². The van der Waals surface area contributed by atoms with Gasteiger partial charge in [-0.3, -0.25) is 0 Å². The van der Waals surface area contributed by atoms with Gasteiger partial charge in [0.1, 0.15) is 0 Å². The van der Waals surface area contributed by atoms with Gasteiger partial charge in [-0.05, 0) is 43.6 Å². The van der Waals surface area contributed by atoms with Gasteiger partial charge < -0.3 is 5.32 Å². The number of hydrogen-bond donors (Lipinski definition) is 1. The van der Waals surface area contributed by atoms with Crippen LogP contribution in [0.15, 0.2) is 0 Å². The van der Waals surface area contributed by atoms with Crippen LogP contribution in [0.1, 0.15) is 66.2 Å². The molecule has 0 aromatic rings. The van der Waals surface area contributed by atoms with Crippen molar-refractivity contribution in [2.45, 2.75) is 72.3 Å². The fourth-order valence-corrected chi connectivity index (χ4v) is 3.24. The highest BCUT2D eigenvalue weighted by Crippen LogP contribution is 2.43. The first kappa shape index (κ1) is 13.0. The predicted octanol–water partition coefficient (Wildman–Crippen LogP) is 3.98. The molecule has 1 heteroatoms. The fraction of sp³-hybridized carbons (Fsp3) is 1.00. The number of rotatable bonds is 6. The summed E-state index contributed by atoms with van der Waals surface area (Å²) in [5.74, 6) is 0.954. The van der Waals surface area contributed by atoms with Crippen LogP contribution in [-0.2, 0) is 0 Å². The van der Waals surface area contributed by atoms with Crippen LogP contribution in [0.4, 0.5) is 0 Å². The Kier molecular flexibility index (Phi) is 5.11. The summed E-state index contributed by atoms with van der Waals surface area (Å²) in [6.45, 7) is 10.5. The molecule has 1 aliphatic carbocycles. The molecule has 2 atom stereocenters. The Morgan fingerprint density at radius 3 is 2.47 bits per heavy atom. The molecule has 0 radical (unpaired) electrons. The van der Waals surface area contributed by atoms with Crippen molar-refractivity contribution in [1.82, 2.24) is 5.32 Å². The van der Waals surface area contributed by atoms with E-state index >= 15 is 0 Å². The van der Waals surface area contributed by atoms with Crippen LogP contribution < -0.4 is 5.32 Å². The van der Waals surface area contributed by atoms with Gasteiger partial charge in [-0.15, -0.1) is 0 Å². The summed E-state index contributed by atoms with van der Waals surface area (Å²) in [4.78, 5) is 0. The van der Waals surface area contributed by atoms with E-state index in [-0.39, 0.29) is 0 Å². The highest BCUT2D eigenvalue weighted by atomic mass is 14.9. The maximum absolute atomic E-state index is 3.61. The van der Waals surface area contributed by atoms with Crippen LogP contribution in [0.2, 0.25) is 0 Å². The van der Waals surface area contributed by atoms with Crippen LogP contribution in [0.5, 0.6) is 0 Å². The van der Waals surface area contributed by atoms with E-state index in [2.05, 4.69) is 33.0 Å². The van der Waals surface area contributed by atoms with Gasteiger partial charge in [0.05, 0.1) is 0 Å². The molecule has 0 heterocycles. The van der Waals surface area contributed by atoms with Gasteiger partial charge in [-0.25, -0.2) is 0 Å². The van der Waals surface area contributed by atoms with E-state index in [9.17, 15) is 0 Å². The third-order valence-electron chi connectivity index (χ3n) is 4.26. The summed E-state index contributed by atoms with van der Waals surface area (Å²) in [5, 5.41) is 3.61.